The monoisotopic (exact) mass is 530 g/mol. The van der Waals surface area contributed by atoms with Crippen molar-refractivity contribution in [3.05, 3.63) is 0 Å². The summed E-state index contributed by atoms with van der Waals surface area (Å²) in [4.78, 5) is 74.5. The smallest absolute Gasteiger partial charge is 0.243 e. The average Bonchev–Trinajstić information content (AvgIpc) is 3.10. The van der Waals surface area contributed by atoms with Crippen LogP contribution in [0.25, 0.3) is 0 Å². The summed E-state index contributed by atoms with van der Waals surface area (Å²) in [6.45, 7) is 3.55. The number of aliphatic hydroxyl groups excluding tert-OH is 1. The molecule has 6 amide bonds. The van der Waals surface area contributed by atoms with Gasteiger partial charge in [0.2, 0.25) is 35.4 Å². The fourth-order valence-electron chi connectivity index (χ4n) is 3.50. The number of hydrogen-bond acceptors (Lipinski definition) is 9. The van der Waals surface area contributed by atoms with Gasteiger partial charge < -0.3 is 32.1 Å². The highest BCUT2D eigenvalue weighted by Gasteiger charge is 2.39. The first-order valence-electron chi connectivity index (χ1n) is 12.0. The number of nitrogens with zero attached hydrogens (tertiary/aromatic N) is 1. The Morgan fingerprint density at radius 3 is 2.42 bits per heavy atom. The molecule has 1 rings (SSSR count). The first-order chi connectivity index (χ1) is 17.1. The molecular formula is C22H38N6O7S. The van der Waals surface area contributed by atoms with Gasteiger partial charge in [-0.3, -0.25) is 33.7 Å². The van der Waals surface area contributed by atoms with Gasteiger partial charge in [0.05, 0.1) is 11.9 Å². The molecule has 1 heterocycles. The third kappa shape index (κ3) is 10.9. The minimum atomic E-state index is -0.938. The van der Waals surface area contributed by atoms with E-state index in [2.05, 4.69) is 21.3 Å². The fourth-order valence-corrected chi connectivity index (χ4v) is 4.69. The summed E-state index contributed by atoms with van der Waals surface area (Å²) >= 11 is 1.06. The number of likely N-dealkylation sites (N-methyl/N-ethyl adjacent to an activating group) is 1. The van der Waals surface area contributed by atoms with Crippen molar-refractivity contribution in [3.8, 4) is 0 Å². The molecule has 13 nitrogen and oxygen atoms in total. The average molecular weight is 531 g/mol. The molecule has 0 aromatic rings. The summed E-state index contributed by atoms with van der Waals surface area (Å²) in [6, 6.07) is -1.66. The second-order valence-corrected chi connectivity index (χ2v) is 9.46. The maximum absolute atomic E-state index is 12.8. The molecule has 0 aromatic carbocycles. The van der Waals surface area contributed by atoms with E-state index < -0.39 is 46.9 Å². The van der Waals surface area contributed by atoms with E-state index in [-0.39, 0.29) is 44.2 Å². The van der Waals surface area contributed by atoms with E-state index in [1.165, 1.54) is 6.92 Å². The minimum Gasteiger partial charge on any atom is -0.395 e. The van der Waals surface area contributed by atoms with Crippen molar-refractivity contribution in [1.29, 1.82) is 0 Å². The van der Waals surface area contributed by atoms with Crippen molar-refractivity contribution in [2.45, 2.75) is 63.3 Å². The Kier molecular flexibility index (Phi) is 14.7. The summed E-state index contributed by atoms with van der Waals surface area (Å²) in [5.41, 5.74) is 5.49. The predicted octanol–water partition coefficient (Wildman–Crippen LogP) is -2.40. The molecule has 0 bridgehead atoms. The van der Waals surface area contributed by atoms with E-state index in [9.17, 15) is 28.8 Å². The second kappa shape index (κ2) is 16.9. The number of imide groups is 1. The van der Waals surface area contributed by atoms with E-state index in [0.29, 0.717) is 32.4 Å². The SMILES string of the molecule is CCNC(=O)C(CCCCN)NC(=O)CCN1C(=O)CC(SCC(NC(C)=O)C(=O)NCCO)C1=O. The Morgan fingerprint density at radius 1 is 1.11 bits per heavy atom. The molecule has 3 unspecified atom stereocenters. The number of carbonyl (C=O) groups excluding carboxylic acids is 6. The lowest BCUT2D eigenvalue weighted by Gasteiger charge is -2.20. The van der Waals surface area contributed by atoms with Gasteiger partial charge in [-0.1, -0.05) is 0 Å². The number of nitrogens with one attached hydrogen (secondary N) is 4. The second-order valence-electron chi connectivity index (χ2n) is 8.23. The van der Waals surface area contributed by atoms with Crippen molar-refractivity contribution in [1.82, 2.24) is 26.2 Å². The van der Waals surface area contributed by atoms with Crippen LogP contribution in [0.3, 0.4) is 0 Å². The van der Waals surface area contributed by atoms with Gasteiger partial charge in [0.1, 0.15) is 12.1 Å². The van der Waals surface area contributed by atoms with Crippen LogP contribution in [0, 0.1) is 0 Å². The Balaban J connectivity index is 2.64. The van der Waals surface area contributed by atoms with Crippen LogP contribution < -0.4 is 27.0 Å². The topological polar surface area (TPSA) is 200 Å². The first kappa shape index (κ1) is 31.3. The fraction of sp³-hybridized carbons (Fsp3) is 0.727. The molecule has 0 saturated carbocycles. The van der Waals surface area contributed by atoms with E-state index in [0.717, 1.165) is 16.7 Å². The molecule has 204 valence electrons. The Hall–Kier alpha value is -2.71. The number of hydrogen-bond donors (Lipinski definition) is 6. The van der Waals surface area contributed by atoms with Crippen molar-refractivity contribution >= 4 is 47.2 Å². The van der Waals surface area contributed by atoms with Gasteiger partial charge in [0, 0.05) is 45.2 Å². The molecule has 0 aliphatic carbocycles. The minimum absolute atomic E-state index is 0.0181. The highest BCUT2D eigenvalue weighted by atomic mass is 32.2. The van der Waals surface area contributed by atoms with Crippen molar-refractivity contribution < 1.29 is 33.9 Å². The van der Waals surface area contributed by atoms with Gasteiger partial charge in [-0.15, -0.1) is 11.8 Å². The standard InChI is InChI=1S/C22H38N6O7S/c1-3-24-20(33)15(6-4-5-8-23)27-18(31)7-10-28-19(32)12-17(22(28)35)36-13-16(26-14(2)30)21(34)25-9-11-29/h15-17,29H,3-13,23H2,1-2H3,(H,24,33)(H,25,34)(H,26,30)(H,27,31). The van der Waals surface area contributed by atoms with Crippen LogP contribution in [0.1, 0.15) is 46.0 Å². The van der Waals surface area contributed by atoms with Crippen LogP contribution in [0.15, 0.2) is 0 Å². The van der Waals surface area contributed by atoms with Crippen LogP contribution in [0.2, 0.25) is 0 Å². The molecule has 1 aliphatic heterocycles. The quantitative estimate of drug-likeness (QED) is 0.0876. The Labute approximate surface area is 215 Å². The van der Waals surface area contributed by atoms with Gasteiger partial charge >= 0.3 is 0 Å². The zero-order chi connectivity index (χ0) is 27.1. The third-order valence-corrected chi connectivity index (χ3v) is 6.58. The number of thioether (sulfide) groups is 1. The highest BCUT2D eigenvalue weighted by molar-refractivity contribution is 8.00. The molecule has 0 radical (unpaired) electrons. The lowest BCUT2D eigenvalue weighted by molar-refractivity contribution is -0.139. The Bertz CT molecular complexity index is 797. The largest absolute Gasteiger partial charge is 0.395 e. The molecule has 3 atom stereocenters. The lowest BCUT2D eigenvalue weighted by Crippen LogP contribution is -2.48. The highest BCUT2D eigenvalue weighted by Crippen LogP contribution is 2.26. The molecule has 0 aromatic heterocycles. The molecule has 7 N–H and O–H groups in total. The lowest BCUT2D eigenvalue weighted by atomic mass is 10.1. The summed E-state index contributed by atoms with van der Waals surface area (Å²) in [6.07, 6.45) is 1.57. The normalized spacial score (nSPS) is 16.9. The molecule has 0 spiro atoms. The van der Waals surface area contributed by atoms with Gasteiger partial charge in [0.25, 0.3) is 0 Å². The van der Waals surface area contributed by atoms with Gasteiger partial charge in [-0.05, 0) is 32.7 Å². The summed E-state index contributed by atoms with van der Waals surface area (Å²) in [5.74, 6) is -2.56. The van der Waals surface area contributed by atoms with Crippen LogP contribution in [0.4, 0.5) is 0 Å². The number of rotatable bonds is 17. The molecule has 36 heavy (non-hydrogen) atoms. The zero-order valence-electron chi connectivity index (χ0n) is 20.8. The van der Waals surface area contributed by atoms with E-state index in [1.54, 1.807) is 6.92 Å². The maximum Gasteiger partial charge on any atom is 0.243 e. The van der Waals surface area contributed by atoms with Crippen molar-refractivity contribution in [2.75, 3.05) is 38.5 Å². The number of aliphatic hydroxyl groups is 1. The first-order valence-corrected chi connectivity index (χ1v) is 13.1. The number of amides is 6. The van der Waals surface area contributed by atoms with E-state index >= 15 is 0 Å². The molecule has 14 heteroatoms. The van der Waals surface area contributed by atoms with E-state index in [4.69, 9.17) is 10.8 Å². The van der Waals surface area contributed by atoms with E-state index in [1.807, 2.05) is 0 Å². The van der Waals surface area contributed by atoms with Crippen LogP contribution in [-0.2, 0) is 28.8 Å². The molecule has 1 fully saturated rings. The number of unbranched alkanes of at least 4 members (excludes halogenated alkanes) is 1. The summed E-state index contributed by atoms with van der Waals surface area (Å²) in [5, 5.41) is 18.4. The number of carbonyl (C=O) groups is 6. The van der Waals surface area contributed by atoms with Crippen LogP contribution in [0.5, 0.6) is 0 Å². The predicted molar refractivity (Wildman–Crippen MR) is 133 cm³/mol. The third-order valence-electron chi connectivity index (χ3n) is 5.28. The van der Waals surface area contributed by atoms with Gasteiger partial charge in [-0.2, -0.15) is 0 Å². The maximum atomic E-state index is 12.8. The number of nitrogens with two attached hydrogens (primary N) is 1. The zero-order valence-corrected chi connectivity index (χ0v) is 21.7. The summed E-state index contributed by atoms with van der Waals surface area (Å²) in [7, 11) is 0. The van der Waals surface area contributed by atoms with Gasteiger partial charge in [0.15, 0.2) is 0 Å². The summed E-state index contributed by atoms with van der Waals surface area (Å²) < 4.78 is 0. The van der Waals surface area contributed by atoms with Crippen LogP contribution in [-0.4, -0.2) is 101 Å². The number of likely N-dealkylation sites (tertiary alicyclic amines) is 1. The van der Waals surface area contributed by atoms with Gasteiger partial charge in [-0.25, -0.2) is 0 Å². The Morgan fingerprint density at radius 2 is 1.81 bits per heavy atom. The van der Waals surface area contributed by atoms with Crippen molar-refractivity contribution in [2.24, 2.45) is 5.73 Å². The molecule has 1 saturated heterocycles. The molecular weight excluding hydrogens is 492 g/mol. The molecule has 1 aliphatic rings. The van der Waals surface area contributed by atoms with Crippen LogP contribution >= 0.6 is 11.8 Å². The van der Waals surface area contributed by atoms with Crippen molar-refractivity contribution in [3.63, 3.8) is 0 Å².